The van der Waals surface area contributed by atoms with Gasteiger partial charge in [0.15, 0.2) is 16.0 Å². The second kappa shape index (κ2) is 3.25. The topological polar surface area (TPSA) is 12.5 Å². The lowest BCUT2D eigenvalue weighted by Crippen LogP contribution is -2.17. The number of hydrogen-bond donors (Lipinski definition) is 0. The molecule has 0 heterocycles. The van der Waals surface area contributed by atoms with Crippen LogP contribution in [0.1, 0.15) is 0 Å². The van der Waals surface area contributed by atoms with E-state index in [0.717, 1.165) is 0 Å². The molecule has 0 rings (SSSR count). The first kappa shape index (κ1) is 6.05. The van der Waals surface area contributed by atoms with Crippen molar-refractivity contribution in [1.29, 1.82) is 0 Å². The SMILES string of the molecule is BN(B)COC. The van der Waals surface area contributed by atoms with Crippen molar-refractivity contribution in [2.24, 2.45) is 0 Å². The Morgan fingerprint density at radius 3 is 2.17 bits per heavy atom. The minimum Gasteiger partial charge on any atom is -0.374 e. The highest BCUT2D eigenvalue weighted by atomic mass is 16.5. The molecule has 0 bridgehead atoms. The van der Waals surface area contributed by atoms with Crippen LogP contribution in [0.4, 0.5) is 0 Å². The monoisotopic (exact) mass is 85.1 g/mol. The summed E-state index contributed by atoms with van der Waals surface area (Å²) < 4.78 is 6.69. The molecule has 34 valence electrons. The lowest BCUT2D eigenvalue weighted by Gasteiger charge is -2.05. The Balaban J connectivity index is 2.63. The zero-order chi connectivity index (χ0) is 4.99. The molecular weight excluding hydrogens is 75.7 g/mol. The van der Waals surface area contributed by atoms with Gasteiger partial charge < -0.3 is 9.46 Å². The zero-order valence-electron chi connectivity index (χ0n) is 4.56. The van der Waals surface area contributed by atoms with Crippen LogP contribution in [0.15, 0.2) is 0 Å². The van der Waals surface area contributed by atoms with Gasteiger partial charge in [-0.25, -0.2) is 0 Å². The van der Waals surface area contributed by atoms with Gasteiger partial charge in [0.2, 0.25) is 0 Å². The highest BCUT2D eigenvalue weighted by Crippen LogP contribution is 1.66. The normalized spacial score (nSPS) is 9.67. The molecule has 0 aromatic rings. The van der Waals surface area contributed by atoms with Crippen LogP contribution in [-0.2, 0) is 4.74 Å². The summed E-state index contributed by atoms with van der Waals surface area (Å²) in [5, 5.41) is 0. The van der Waals surface area contributed by atoms with Gasteiger partial charge >= 0.3 is 0 Å². The van der Waals surface area contributed by atoms with Crippen LogP contribution in [0.2, 0.25) is 0 Å². The molecule has 0 aromatic carbocycles. The van der Waals surface area contributed by atoms with E-state index in [1.807, 2.05) is 20.7 Å². The van der Waals surface area contributed by atoms with Gasteiger partial charge in [-0.05, 0) is 0 Å². The zero-order valence-corrected chi connectivity index (χ0v) is 4.56. The molecule has 0 aliphatic rings. The fourth-order valence-electron chi connectivity index (χ4n) is 0.258. The summed E-state index contributed by atoms with van der Waals surface area (Å²) in [7, 11) is 5.60. The van der Waals surface area contributed by atoms with Gasteiger partial charge in [-0.1, -0.05) is 0 Å². The highest BCUT2D eigenvalue weighted by molar-refractivity contribution is 6.24. The second-order valence-electron chi connectivity index (χ2n) is 1.50. The van der Waals surface area contributed by atoms with Crippen LogP contribution in [0.3, 0.4) is 0 Å². The van der Waals surface area contributed by atoms with Gasteiger partial charge in [0.1, 0.15) is 0 Å². The summed E-state index contributed by atoms with van der Waals surface area (Å²) in [4.78, 5) is 0. The summed E-state index contributed by atoms with van der Waals surface area (Å²) in [5.41, 5.74) is 0. The van der Waals surface area contributed by atoms with Crippen molar-refractivity contribution in [3.63, 3.8) is 0 Å². The highest BCUT2D eigenvalue weighted by Gasteiger charge is 1.79. The molecule has 4 heteroatoms. The van der Waals surface area contributed by atoms with Crippen LogP contribution in [-0.4, -0.2) is 34.5 Å². The van der Waals surface area contributed by atoms with Crippen LogP contribution < -0.4 is 0 Å². The number of hydrogen-bond acceptors (Lipinski definition) is 2. The van der Waals surface area contributed by atoms with Crippen LogP contribution in [0, 0.1) is 0 Å². The maximum atomic E-state index is 4.73. The predicted octanol–water partition coefficient (Wildman–Crippen LogP) is -2.01. The van der Waals surface area contributed by atoms with Crippen LogP contribution in [0.25, 0.3) is 0 Å². The lowest BCUT2D eigenvalue weighted by molar-refractivity contribution is 0.157. The van der Waals surface area contributed by atoms with E-state index in [1.165, 1.54) is 0 Å². The summed E-state index contributed by atoms with van der Waals surface area (Å²) in [5.74, 6) is 0. The van der Waals surface area contributed by atoms with Gasteiger partial charge in [0.25, 0.3) is 0 Å². The van der Waals surface area contributed by atoms with Gasteiger partial charge in [-0.15, -0.1) is 0 Å². The molecular formula is C2H9B2NO. The van der Waals surface area contributed by atoms with Crippen molar-refractivity contribution < 1.29 is 4.74 Å². The Labute approximate surface area is 40.3 Å². The van der Waals surface area contributed by atoms with E-state index < -0.39 is 0 Å². The minimum atomic E-state index is 0.708. The first-order valence-corrected chi connectivity index (χ1v) is 1.91. The van der Waals surface area contributed by atoms with E-state index in [-0.39, 0.29) is 0 Å². The quantitative estimate of drug-likeness (QED) is 0.283. The molecule has 0 aliphatic heterocycles. The van der Waals surface area contributed by atoms with Crippen molar-refractivity contribution in [1.82, 2.24) is 4.72 Å². The molecule has 0 N–H and O–H groups in total. The van der Waals surface area contributed by atoms with Crippen molar-refractivity contribution in [3.8, 4) is 0 Å². The summed E-state index contributed by atoms with van der Waals surface area (Å²) in [6.07, 6.45) is 0. The van der Waals surface area contributed by atoms with E-state index >= 15 is 0 Å². The number of rotatable bonds is 2. The molecule has 0 aliphatic carbocycles. The molecule has 6 heavy (non-hydrogen) atoms. The first-order valence-electron chi connectivity index (χ1n) is 1.91. The Bertz CT molecular complexity index is 32.7. The molecule has 0 atom stereocenters. The van der Waals surface area contributed by atoms with E-state index in [0.29, 0.717) is 6.73 Å². The van der Waals surface area contributed by atoms with Gasteiger partial charge in [-0.3, -0.25) is 0 Å². The van der Waals surface area contributed by atoms with Crippen molar-refractivity contribution in [3.05, 3.63) is 0 Å². The fraction of sp³-hybridized carbons (Fsp3) is 1.00. The molecule has 0 saturated carbocycles. The third-order valence-electron chi connectivity index (χ3n) is 0.387. The first-order chi connectivity index (χ1) is 2.77. The molecule has 2 nitrogen and oxygen atoms in total. The smallest absolute Gasteiger partial charge is 0.174 e. The third kappa shape index (κ3) is 4.05. The Kier molecular flexibility index (Phi) is 3.27. The summed E-state index contributed by atoms with van der Waals surface area (Å²) in [6, 6.07) is 0. The number of nitrogens with zero attached hydrogens (tertiary/aromatic N) is 1. The Morgan fingerprint density at radius 2 is 2.17 bits per heavy atom. The van der Waals surface area contributed by atoms with E-state index in [1.54, 1.807) is 7.11 Å². The molecule has 0 amide bonds. The number of methoxy groups -OCH3 is 1. The molecule has 0 saturated heterocycles. The average molecular weight is 84.7 g/mol. The molecule has 0 spiro atoms. The third-order valence-corrected chi connectivity index (χ3v) is 0.387. The van der Waals surface area contributed by atoms with E-state index in [4.69, 9.17) is 4.74 Å². The molecule has 0 radical (unpaired) electrons. The largest absolute Gasteiger partial charge is 0.374 e. The molecule has 0 aromatic heterocycles. The Morgan fingerprint density at radius 1 is 1.67 bits per heavy atom. The average Bonchev–Trinajstić information content (AvgIpc) is 1.35. The minimum absolute atomic E-state index is 0.708. The van der Waals surface area contributed by atoms with Gasteiger partial charge in [0, 0.05) is 7.11 Å². The Hall–Kier alpha value is 0.0499. The van der Waals surface area contributed by atoms with E-state index in [2.05, 4.69) is 0 Å². The van der Waals surface area contributed by atoms with Crippen molar-refractivity contribution in [2.75, 3.05) is 13.8 Å². The van der Waals surface area contributed by atoms with Crippen LogP contribution in [0.5, 0.6) is 0 Å². The predicted molar refractivity (Wildman–Crippen MR) is 30.8 cm³/mol. The molecule has 0 fully saturated rings. The summed E-state index contributed by atoms with van der Waals surface area (Å²) >= 11 is 0. The van der Waals surface area contributed by atoms with Crippen molar-refractivity contribution in [2.45, 2.75) is 0 Å². The maximum absolute atomic E-state index is 4.73. The van der Waals surface area contributed by atoms with E-state index in [9.17, 15) is 0 Å². The molecule has 0 unspecified atom stereocenters. The second-order valence-corrected chi connectivity index (χ2v) is 1.50. The fourth-order valence-corrected chi connectivity index (χ4v) is 0.258. The van der Waals surface area contributed by atoms with Crippen molar-refractivity contribution >= 4 is 16.0 Å². The number of ether oxygens (including phenoxy) is 1. The summed E-state index contributed by atoms with van der Waals surface area (Å²) in [6.45, 7) is 0.708. The standard InChI is InChI=1S/C2H9B2NO/c1-6-2-5(3)4/h2-4H2,1H3. The van der Waals surface area contributed by atoms with Gasteiger partial charge in [0.05, 0.1) is 6.73 Å². The maximum Gasteiger partial charge on any atom is 0.174 e. The lowest BCUT2D eigenvalue weighted by atomic mass is 10.2. The van der Waals surface area contributed by atoms with Gasteiger partial charge in [-0.2, -0.15) is 0 Å². The van der Waals surface area contributed by atoms with Crippen LogP contribution >= 0.6 is 0 Å².